The van der Waals surface area contributed by atoms with Crippen LogP contribution in [0.2, 0.25) is 0 Å². The Bertz CT molecular complexity index is 3070. The first-order valence-corrected chi connectivity index (χ1v) is 20.0. The molecule has 9 rings (SSSR count). The molecule has 9 aromatic carbocycles. The van der Waals surface area contributed by atoms with Crippen molar-refractivity contribution in [3.8, 4) is 39.1 Å². The number of hydrogen-bond donors (Lipinski definition) is 0. The zero-order chi connectivity index (χ0) is 37.0. The van der Waals surface area contributed by atoms with Crippen LogP contribution in [0.15, 0.2) is 186 Å². The maximum atomic E-state index is 15.2. The fraction of sp³-hybridized carbons (Fsp3) is 0. The van der Waals surface area contributed by atoms with E-state index in [2.05, 4.69) is 18.2 Å². The highest BCUT2D eigenvalue weighted by atomic mass is 32.2. The minimum Gasteiger partial charge on any atom is -0.744 e. The van der Waals surface area contributed by atoms with Crippen LogP contribution < -0.4 is 4.18 Å². The predicted octanol–water partition coefficient (Wildman–Crippen LogP) is 11.0. The number of fused-ring (bicyclic) bond motifs is 4. The van der Waals surface area contributed by atoms with E-state index >= 15 is 8.42 Å². The minimum absolute atomic E-state index is 0.0520. The van der Waals surface area contributed by atoms with E-state index < -0.39 is 25.1 Å². The van der Waals surface area contributed by atoms with Gasteiger partial charge in [0.05, 0.1) is 4.90 Å². The summed E-state index contributed by atoms with van der Waals surface area (Å²) in [5.74, 6) is -0.108. The first-order valence-electron chi connectivity index (χ1n) is 17.2. The average Bonchev–Trinajstić information content (AvgIpc) is 3.19. The first-order chi connectivity index (χ1) is 26.2. The van der Waals surface area contributed by atoms with E-state index in [1.54, 1.807) is 12.1 Å². The Labute approximate surface area is 312 Å². The predicted molar refractivity (Wildman–Crippen MR) is 215 cm³/mol. The van der Waals surface area contributed by atoms with E-state index in [1.165, 1.54) is 18.2 Å². The van der Waals surface area contributed by atoms with Gasteiger partial charge in [0.15, 0.2) is 5.75 Å². The molecule has 6 nitrogen and oxygen atoms in total. The smallest absolute Gasteiger partial charge is 0.340 e. The van der Waals surface area contributed by atoms with Gasteiger partial charge in [0.25, 0.3) is 0 Å². The van der Waals surface area contributed by atoms with Gasteiger partial charge in [-0.15, -0.1) is 0 Å². The summed E-state index contributed by atoms with van der Waals surface area (Å²) < 4.78 is 73.2. The molecule has 0 fully saturated rings. The van der Waals surface area contributed by atoms with Crippen LogP contribution >= 0.6 is 0 Å². The van der Waals surface area contributed by atoms with Crippen molar-refractivity contribution in [2.75, 3.05) is 0 Å². The third kappa shape index (κ3) is 5.77. The molecule has 0 saturated heterocycles. The van der Waals surface area contributed by atoms with Crippen LogP contribution in [0.5, 0.6) is 5.75 Å². The van der Waals surface area contributed by atoms with Crippen molar-refractivity contribution < 1.29 is 25.6 Å². The zero-order valence-electron chi connectivity index (χ0n) is 28.5. The van der Waals surface area contributed by atoms with Crippen molar-refractivity contribution in [1.29, 1.82) is 0 Å². The van der Waals surface area contributed by atoms with E-state index in [4.69, 9.17) is 4.18 Å². The summed E-state index contributed by atoms with van der Waals surface area (Å²) >= 11 is 0. The summed E-state index contributed by atoms with van der Waals surface area (Å²) in [6, 6.07) is 53.8. The van der Waals surface area contributed by atoms with Gasteiger partial charge >= 0.3 is 10.1 Å². The van der Waals surface area contributed by atoms with Crippen LogP contribution in [-0.4, -0.2) is 21.4 Å². The molecule has 0 aromatic heterocycles. The van der Waals surface area contributed by atoms with E-state index in [0.717, 1.165) is 49.5 Å². The lowest BCUT2D eigenvalue weighted by Crippen LogP contribution is -2.14. The molecule has 0 bridgehead atoms. The molecule has 0 amide bonds. The third-order valence-electron chi connectivity index (χ3n) is 9.91. The van der Waals surface area contributed by atoms with Crippen molar-refractivity contribution in [3.05, 3.63) is 176 Å². The molecule has 54 heavy (non-hydrogen) atoms. The molecule has 0 atom stereocenters. The highest BCUT2D eigenvalue weighted by Crippen LogP contribution is 2.46. The summed E-state index contributed by atoms with van der Waals surface area (Å²) in [5.41, 5.74) is 3.99. The van der Waals surface area contributed by atoms with Crippen molar-refractivity contribution in [3.63, 3.8) is 0 Å². The van der Waals surface area contributed by atoms with Gasteiger partial charge in [-0.05, 0) is 78.8 Å². The van der Waals surface area contributed by atoms with E-state index in [-0.39, 0.29) is 21.4 Å². The van der Waals surface area contributed by atoms with Gasteiger partial charge < -0.3 is 8.74 Å². The van der Waals surface area contributed by atoms with Crippen LogP contribution in [0.4, 0.5) is 0 Å². The van der Waals surface area contributed by atoms with Gasteiger partial charge in [0.2, 0.25) is 0 Å². The molecule has 9 aromatic rings. The average molecular weight is 742 g/mol. The molecule has 0 aliphatic rings. The zero-order valence-corrected chi connectivity index (χ0v) is 30.1. The Balaban J connectivity index is 1.41. The Hall–Kier alpha value is -6.32. The molecule has 0 saturated carbocycles. The number of rotatable bonds is 7. The highest BCUT2D eigenvalue weighted by Gasteiger charge is 2.30. The Morgan fingerprint density at radius 1 is 0.389 bits per heavy atom. The first kappa shape index (κ1) is 33.5. The number of benzene rings is 9. The van der Waals surface area contributed by atoms with Gasteiger partial charge in [-0.2, -0.15) is 8.42 Å². The van der Waals surface area contributed by atoms with Crippen molar-refractivity contribution in [1.82, 2.24) is 0 Å². The molecule has 0 unspecified atom stereocenters. The maximum Gasteiger partial charge on any atom is 0.340 e. The molecule has 0 spiro atoms. The van der Waals surface area contributed by atoms with E-state index in [9.17, 15) is 13.0 Å². The standard InChI is InChI=1S/C46H30O6S2/c47-53(48,49)45-27-26-44(40-21-7-8-22-41(40)45)52-54(50,51)46-42(38-24-10-16-31-13-2-5-19-35(31)38)28-33(37-23-9-15-30-12-1-4-18-34(30)37)29-43(46)39-25-11-17-32-14-3-6-20-36(32)39/h1-29H,(H,47,48,49)/p-1. The summed E-state index contributed by atoms with van der Waals surface area (Å²) in [6.07, 6.45) is 0. The van der Waals surface area contributed by atoms with Crippen molar-refractivity contribution >= 4 is 63.3 Å². The van der Waals surface area contributed by atoms with E-state index in [1.807, 2.05) is 121 Å². The molecular weight excluding hydrogens is 713 g/mol. The normalized spacial score (nSPS) is 12.1. The van der Waals surface area contributed by atoms with E-state index in [0.29, 0.717) is 22.3 Å². The van der Waals surface area contributed by atoms with Crippen molar-refractivity contribution in [2.24, 2.45) is 0 Å². The van der Waals surface area contributed by atoms with Gasteiger partial charge in [-0.1, -0.05) is 152 Å². The third-order valence-corrected chi connectivity index (χ3v) is 12.1. The summed E-state index contributed by atoms with van der Waals surface area (Å²) in [6.45, 7) is 0. The fourth-order valence-corrected chi connectivity index (χ4v) is 9.57. The Morgan fingerprint density at radius 3 is 1.30 bits per heavy atom. The molecule has 0 aliphatic carbocycles. The molecule has 262 valence electrons. The summed E-state index contributed by atoms with van der Waals surface area (Å²) in [7, 11) is -9.59. The number of hydrogen-bond acceptors (Lipinski definition) is 6. The molecule has 0 radical (unpaired) electrons. The van der Waals surface area contributed by atoms with Crippen LogP contribution in [0.1, 0.15) is 0 Å². The van der Waals surface area contributed by atoms with Crippen LogP contribution in [0.3, 0.4) is 0 Å². The van der Waals surface area contributed by atoms with Gasteiger partial charge in [0.1, 0.15) is 15.0 Å². The lowest BCUT2D eigenvalue weighted by atomic mass is 9.88. The van der Waals surface area contributed by atoms with Crippen LogP contribution in [0.25, 0.3) is 76.5 Å². The quantitative estimate of drug-likeness (QED) is 0.119. The molecule has 0 heterocycles. The summed E-state index contributed by atoms with van der Waals surface area (Å²) in [5, 5.41) is 5.86. The van der Waals surface area contributed by atoms with Gasteiger partial charge in [0, 0.05) is 21.9 Å². The van der Waals surface area contributed by atoms with Crippen LogP contribution in [-0.2, 0) is 20.2 Å². The Morgan fingerprint density at radius 2 is 0.796 bits per heavy atom. The Kier molecular flexibility index (Phi) is 8.05. The second-order valence-corrected chi connectivity index (χ2v) is 15.9. The SMILES string of the molecule is O=S(=O)([O-])c1ccc(OS(=O)(=O)c2c(-c3cccc4ccccc34)cc(-c3cccc4ccccc34)cc2-c2cccc3ccccc23)c2ccccc12. The molecule has 0 aliphatic heterocycles. The monoisotopic (exact) mass is 741 g/mol. The maximum absolute atomic E-state index is 15.2. The molecular formula is C46H29O6S2-. The van der Waals surface area contributed by atoms with Crippen molar-refractivity contribution in [2.45, 2.75) is 9.79 Å². The highest BCUT2D eigenvalue weighted by molar-refractivity contribution is 7.87. The topological polar surface area (TPSA) is 101 Å². The minimum atomic E-state index is -4.87. The second-order valence-electron chi connectivity index (χ2n) is 13.1. The largest absolute Gasteiger partial charge is 0.744 e. The fourth-order valence-electron chi connectivity index (χ4n) is 7.55. The lowest BCUT2D eigenvalue weighted by molar-refractivity contribution is 0.464. The lowest BCUT2D eigenvalue weighted by Gasteiger charge is -2.21. The summed E-state index contributed by atoms with van der Waals surface area (Å²) in [4.78, 5) is -0.515. The van der Waals surface area contributed by atoms with Gasteiger partial charge in [-0.3, -0.25) is 0 Å². The van der Waals surface area contributed by atoms with Gasteiger partial charge in [-0.25, -0.2) is 8.42 Å². The molecule has 0 N–H and O–H groups in total. The second kappa shape index (κ2) is 13.0. The molecule has 8 heteroatoms. The van der Waals surface area contributed by atoms with Crippen LogP contribution in [0, 0.1) is 0 Å².